The summed E-state index contributed by atoms with van der Waals surface area (Å²) in [6, 6.07) is 18.9. The molecular formula is C30H41N5O. The molecule has 0 amide bonds. The fourth-order valence-corrected chi connectivity index (χ4v) is 5.28. The van der Waals surface area contributed by atoms with Crippen LogP contribution < -0.4 is 16.4 Å². The number of nitrogens with two attached hydrogens (primary N) is 1. The van der Waals surface area contributed by atoms with Crippen LogP contribution in [0.15, 0.2) is 84.5 Å². The smallest absolute Gasteiger partial charge is 0.0762 e. The van der Waals surface area contributed by atoms with Gasteiger partial charge in [0.05, 0.1) is 12.6 Å². The van der Waals surface area contributed by atoms with Crippen LogP contribution in [0.25, 0.3) is 10.9 Å². The highest BCUT2D eigenvalue weighted by Gasteiger charge is 2.30. The van der Waals surface area contributed by atoms with Crippen LogP contribution in [0.2, 0.25) is 0 Å². The normalized spacial score (nSPS) is 21.0. The summed E-state index contributed by atoms with van der Waals surface area (Å²) >= 11 is 0. The van der Waals surface area contributed by atoms with E-state index in [0.29, 0.717) is 11.8 Å². The van der Waals surface area contributed by atoms with Gasteiger partial charge in [-0.1, -0.05) is 42.5 Å². The average molecular weight is 488 g/mol. The average Bonchev–Trinajstić information content (AvgIpc) is 3.30. The van der Waals surface area contributed by atoms with E-state index in [1.807, 2.05) is 30.5 Å². The second-order valence-electron chi connectivity index (χ2n) is 9.75. The Morgan fingerprint density at radius 3 is 2.78 bits per heavy atom. The minimum absolute atomic E-state index is 0.385. The van der Waals surface area contributed by atoms with E-state index in [1.54, 1.807) is 13.1 Å². The van der Waals surface area contributed by atoms with E-state index >= 15 is 0 Å². The van der Waals surface area contributed by atoms with Crippen LogP contribution in [0, 0.1) is 5.92 Å². The first kappa shape index (κ1) is 25.9. The highest BCUT2D eigenvalue weighted by atomic mass is 16.3. The van der Waals surface area contributed by atoms with Gasteiger partial charge >= 0.3 is 0 Å². The number of aromatic amines is 1. The molecule has 5 rings (SSSR count). The molecule has 2 heterocycles. The summed E-state index contributed by atoms with van der Waals surface area (Å²) < 4.78 is 0. The van der Waals surface area contributed by atoms with E-state index in [1.165, 1.54) is 17.7 Å². The Bertz CT molecular complexity index is 1150. The molecule has 2 aliphatic rings. The molecule has 0 spiro atoms. The van der Waals surface area contributed by atoms with Crippen LogP contribution in [0.3, 0.4) is 0 Å². The van der Waals surface area contributed by atoms with Crippen molar-refractivity contribution in [1.82, 2.24) is 20.5 Å². The van der Waals surface area contributed by atoms with Gasteiger partial charge in [-0.2, -0.15) is 0 Å². The monoisotopic (exact) mass is 487 g/mol. The first-order valence-corrected chi connectivity index (χ1v) is 13.2. The maximum atomic E-state index is 9.31. The lowest BCUT2D eigenvalue weighted by molar-refractivity contribution is 0.199. The Labute approximate surface area is 215 Å². The number of rotatable bonds is 6. The standard InChI is InChI=1S/C20H30N4.C10H11NO/c1-2-23-19(13-21)15-24-11-10-22-14-18-12-17(8-9-20(18)24)16-6-4-3-5-7-16;1-7(12)8-2-3-10-9(6-8)4-5-11-10/h3-7,9,13,17-18,22-23H,2,8,10-12,14-15,21H2,1H3;2-7,11-12H,1H3/b19-13-;. The SMILES string of the molecule is CC(O)c1ccc2[nH]ccc2c1.CCN/C(=C\N)CN1CCNCC2CC(c3ccccc3)CC=C21. The summed E-state index contributed by atoms with van der Waals surface area (Å²) in [7, 11) is 0. The second kappa shape index (κ2) is 12.7. The lowest BCUT2D eigenvalue weighted by atomic mass is 9.80. The van der Waals surface area contributed by atoms with Gasteiger partial charge in [-0.15, -0.1) is 0 Å². The topological polar surface area (TPSA) is 89.3 Å². The number of fused-ring (bicyclic) bond motifs is 2. The number of nitrogens with one attached hydrogen (secondary N) is 3. The van der Waals surface area contributed by atoms with Gasteiger partial charge in [-0.25, -0.2) is 0 Å². The Balaban J connectivity index is 0.000000211. The summed E-state index contributed by atoms with van der Waals surface area (Å²) in [6.45, 7) is 8.83. The van der Waals surface area contributed by atoms with Crippen molar-refractivity contribution in [3.63, 3.8) is 0 Å². The van der Waals surface area contributed by atoms with E-state index < -0.39 is 0 Å². The van der Waals surface area contributed by atoms with Crippen molar-refractivity contribution < 1.29 is 5.11 Å². The number of hydrogen-bond acceptors (Lipinski definition) is 5. The Morgan fingerprint density at radius 2 is 2.03 bits per heavy atom. The molecule has 0 saturated carbocycles. The summed E-state index contributed by atoms with van der Waals surface area (Å²) in [4.78, 5) is 5.61. The van der Waals surface area contributed by atoms with Crippen LogP contribution in [-0.4, -0.2) is 47.7 Å². The summed E-state index contributed by atoms with van der Waals surface area (Å²) in [5.74, 6) is 1.23. The third-order valence-corrected chi connectivity index (χ3v) is 7.21. The van der Waals surface area contributed by atoms with Gasteiger partial charge in [-0.3, -0.25) is 0 Å². The predicted octanol–water partition coefficient (Wildman–Crippen LogP) is 4.60. The molecule has 1 aromatic heterocycles. The van der Waals surface area contributed by atoms with E-state index in [2.05, 4.69) is 63.8 Å². The van der Waals surface area contributed by atoms with E-state index in [9.17, 15) is 5.11 Å². The third-order valence-electron chi connectivity index (χ3n) is 7.21. The first-order valence-electron chi connectivity index (χ1n) is 13.2. The van der Waals surface area contributed by atoms with Crippen LogP contribution >= 0.6 is 0 Å². The van der Waals surface area contributed by atoms with Gasteiger partial charge in [0.25, 0.3) is 0 Å². The van der Waals surface area contributed by atoms with Gasteiger partial charge in [0.15, 0.2) is 0 Å². The zero-order chi connectivity index (χ0) is 25.3. The molecule has 3 unspecified atom stereocenters. The molecule has 1 aliphatic heterocycles. The van der Waals surface area contributed by atoms with Crippen LogP contribution in [0.4, 0.5) is 0 Å². The lowest BCUT2D eigenvalue weighted by Crippen LogP contribution is -2.35. The van der Waals surface area contributed by atoms with Crippen LogP contribution in [0.5, 0.6) is 0 Å². The van der Waals surface area contributed by atoms with Crippen molar-refractivity contribution >= 4 is 10.9 Å². The zero-order valence-electron chi connectivity index (χ0n) is 21.6. The van der Waals surface area contributed by atoms with Gasteiger partial charge in [0.1, 0.15) is 0 Å². The number of aliphatic hydroxyl groups is 1. The summed E-state index contributed by atoms with van der Waals surface area (Å²) in [5, 5.41) is 17.5. The minimum Gasteiger partial charge on any atom is -0.403 e. The molecule has 192 valence electrons. The van der Waals surface area contributed by atoms with E-state index in [0.717, 1.165) is 61.3 Å². The molecule has 2 aromatic carbocycles. The highest BCUT2D eigenvalue weighted by molar-refractivity contribution is 5.79. The number of aliphatic hydroxyl groups excluding tert-OH is 1. The van der Waals surface area contributed by atoms with Gasteiger partial charge in [-0.05, 0) is 67.3 Å². The molecule has 0 bridgehead atoms. The molecule has 6 nitrogen and oxygen atoms in total. The van der Waals surface area contributed by atoms with E-state index in [-0.39, 0.29) is 6.10 Å². The molecule has 3 aromatic rings. The number of likely N-dealkylation sites (N-methyl/N-ethyl adjacent to an activating group) is 1. The van der Waals surface area contributed by atoms with Crippen molar-refractivity contribution in [3.05, 3.63) is 95.6 Å². The molecule has 1 fully saturated rings. The molecule has 1 saturated heterocycles. The van der Waals surface area contributed by atoms with Crippen molar-refractivity contribution in [1.29, 1.82) is 0 Å². The minimum atomic E-state index is -0.385. The Morgan fingerprint density at radius 1 is 1.19 bits per heavy atom. The molecule has 6 N–H and O–H groups in total. The van der Waals surface area contributed by atoms with E-state index in [4.69, 9.17) is 5.73 Å². The number of benzene rings is 2. The maximum Gasteiger partial charge on any atom is 0.0762 e. The van der Waals surface area contributed by atoms with Crippen molar-refractivity contribution in [2.24, 2.45) is 11.7 Å². The molecular weight excluding hydrogens is 446 g/mol. The third kappa shape index (κ3) is 6.50. The fourth-order valence-electron chi connectivity index (χ4n) is 5.28. The van der Waals surface area contributed by atoms with Crippen LogP contribution in [0.1, 0.15) is 49.8 Å². The Kier molecular flexibility index (Phi) is 9.09. The number of aromatic nitrogens is 1. The molecule has 1 aliphatic carbocycles. The molecule has 6 heteroatoms. The van der Waals surface area contributed by atoms with Crippen molar-refractivity contribution in [2.45, 2.75) is 38.7 Å². The van der Waals surface area contributed by atoms with Crippen molar-refractivity contribution in [3.8, 4) is 0 Å². The molecule has 36 heavy (non-hydrogen) atoms. The number of H-pyrrole nitrogens is 1. The highest BCUT2D eigenvalue weighted by Crippen LogP contribution is 2.37. The number of hydrogen-bond donors (Lipinski definition) is 5. The fraction of sp³-hybridized carbons (Fsp3) is 0.400. The largest absolute Gasteiger partial charge is 0.403 e. The van der Waals surface area contributed by atoms with Gasteiger partial charge in [0, 0.05) is 61.4 Å². The first-order chi connectivity index (χ1) is 17.6. The van der Waals surface area contributed by atoms with Crippen molar-refractivity contribution in [2.75, 3.05) is 32.7 Å². The predicted molar refractivity (Wildman–Crippen MR) is 149 cm³/mol. The lowest BCUT2D eigenvalue weighted by Gasteiger charge is -2.35. The van der Waals surface area contributed by atoms with Gasteiger partial charge in [0.2, 0.25) is 0 Å². The maximum absolute atomic E-state index is 9.31. The second-order valence-corrected chi connectivity index (χ2v) is 9.75. The zero-order valence-corrected chi connectivity index (χ0v) is 21.6. The molecule has 3 atom stereocenters. The summed E-state index contributed by atoms with van der Waals surface area (Å²) in [5.41, 5.74) is 12.0. The quantitative estimate of drug-likeness (QED) is 0.351. The summed E-state index contributed by atoms with van der Waals surface area (Å²) in [6.07, 6.45) is 8.06. The number of allylic oxidation sites excluding steroid dienone is 1. The molecule has 0 radical (unpaired) electrons. The van der Waals surface area contributed by atoms with Gasteiger partial charge < -0.3 is 31.4 Å². The number of nitrogens with zero attached hydrogens (tertiary/aromatic N) is 1. The Hall–Kier alpha value is -3.22. The van der Waals surface area contributed by atoms with Crippen LogP contribution in [-0.2, 0) is 0 Å².